The normalized spacial score (nSPS) is 14.2. The van der Waals surface area contributed by atoms with Crippen molar-refractivity contribution in [3.8, 4) is 0 Å². The molecule has 2 saturated carbocycles. The zero-order chi connectivity index (χ0) is 19.1. The van der Waals surface area contributed by atoms with Crippen LogP contribution in [0, 0.1) is 16.3 Å². The summed E-state index contributed by atoms with van der Waals surface area (Å²) in [6.45, 7) is 1.46. The zero-order valence-electron chi connectivity index (χ0n) is 13.9. The summed E-state index contributed by atoms with van der Waals surface area (Å²) in [5.41, 5.74) is 4.42. The van der Waals surface area contributed by atoms with Gasteiger partial charge in [0.05, 0.1) is 6.54 Å². The van der Waals surface area contributed by atoms with Gasteiger partial charge in [-0.3, -0.25) is 14.0 Å². The molecule has 2 aliphatic carbocycles. The molecule has 157 valence electrons. The molecule has 0 spiro atoms. The van der Waals surface area contributed by atoms with Crippen molar-refractivity contribution in [1.82, 2.24) is 0 Å². The molecule has 0 unspecified atom stereocenters. The second-order valence-corrected chi connectivity index (χ2v) is 6.71. The first-order chi connectivity index (χ1) is 11.2. The predicted molar refractivity (Wildman–Crippen MR) is 102 cm³/mol. The molecule has 3 nitrogen and oxygen atoms in total. The number of rotatable bonds is 6. The molecule has 0 aromatic heterocycles. The Morgan fingerprint density at radius 2 is 1.46 bits per heavy atom. The molecule has 26 heavy (non-hydrogen) atoms. The Bertz CT molecular complexity index is 348. The van der Waals surface area contributed by atoms with E-state index >= 15 is 0 Å². The van der Waals surface area contributed by atoms with Crippen LogP contribution in [0.2, 0.25) is 0 Å². The van der Waals surface area contributed by atoms with Gasteiger partial charge in [0, 0.05) is 43.2 Å². The van der Waals surface area contributed by atoms with Crippen LogP contribution in [0.25, 0.3) is 0 Å². The molecule has 0 amide bonds. The van der Waals surface area contributed by atoms with Gasteiger partial charge in [-0.15, -0.1) is 0 Å². The van der Waals surface area contributed by atoms with Gasteiger partial charge in [-0.25, -0.2) is 17.6 Å². The third kappa shape index (κ3) is 29.4. The van der Waals surface area contributed by atoms with Gasteiger partial charge in [-0.05, 0) is 37.3 Å². The summed E-state index contributed by atoms with van der Waals surface area (Å²) in [7, 11) is 0. The van der Waals surface area contributed by atoms with Gasteiger partial charge >= 0.3 is 0 Å². The molecule has 2 rings (SSSR count). The number of carbonyl (C=O) groups is 2. The average molecular weight is 556 g/mol. The van der Waals surface area contributed by atoms with Crippen LogP contribution < -0.4 is 5.73 Å². The molecule has 0 atom stereocenters. The maximum absolute atomic E-state index is 11.5. The molecule has 2 fully saturated rings. The van der Waals surface area contributed by atoms with Crippen LogP contribution >= 0.6 is 34.2 Å². The van der Waals surface area contributed by atoms with E-state index in [1.165, 1.54) is 0 Å². The molecule has 1 radical (unpaired) electrons. The van der Waals surface area contributed by atoms with E-state index in [1.807, 2.05) is 11.4 Å². The summed E-state index contributed by atoms with van der Waals surface area (Å²) in [4.78, 5) is 20.7. The Balaban J connectivity index is -0.000000132. The second-order valence-electron chi connectivity index (χ2n) is 5.09. The van der Waals surface area contributed by atoms with E-state index in [9.17, 15) is 27.2 Å². The van der Waals surface area contributed by atoms with Crippen molar-refractivity contribution in [1.29, 1.82) is 0 Å². The number of hydrogen-bond acceptors (Lipinski definition) is 3. The van der Waals surface area contributed by atoms with Crippen LogP contribution in [0.1, 0.15) is 52.9 Å². The number of Topliss-reactive ketones (excluding diaryl/α,β-unsaturated/α-hetero) is 1. The van der Waals surface area contributed by atoms with Crippen molar-refractivity contribution in [3.05, 3.63) is 4.43 Å². The molecule has 10 heteroatoms. The van der Waals surface area contributed by atoms with Crippen LogP contribution in [0.5, 0.6) is 0 Å². The number of halogens is 6. The van der Waals surface area contributed by atoms with Crippen molar-refractivity contribution >= 4 is 45.2 Å². The average Bonchev–Trinajstić information content (AvgIpc) is 3.38. The van der Waals surface area contributed by atoms with Gasteiger partial charge in [0.1, 0.15) is 5.78 Å². The Hall–Kier alpha value is 0.624. The minimum atomic E-state index is -2.34. The molecular formula is C16H28ClF4INO2V-. The first-order valence-corrected chi connectivity index (χ1v) is 9.18. The topological polar surface area (TPSA) is 60.2 Å². The van der Waals surface area contributed by atoms with Crippen LogP contribution in [-0.2, 0) is 28.1 Å². The maximum Gasteiger partial charge on any atom is 0.250 e. The third-order valence-corrected chi connectivity index (χ3v) is 3.03. The van der Waals surface area contributed by atoms with Crippen LogP contribution in [0.4, 0.5) is 17.6 Å². The molecule has 0 aromatic carbocycles. The van der Waals surface area contributed by atoms with E-state index < -0.39 is 19.4 Å². The molecule has 2 aliphatic rings. The zero-order valence-corrected chi connectivity index (χ0v) is 18.3. The van der Waals surface area contributed by atoms with Gasteiger partial charge in [0.2, 0.25) is 11.7 Å². The van der Waals surface area contributed by atoms with Crippen molar-refractivity contribution < 1.29 is 45.7 Å². The summed E-state index contributed by atoms with van der Waals surface area (Å²) in [5.74, 6) is 0.394. The monoisotopic (exact) mass is 555 g/mol. The number of hydrogen-bond donors (Lipinski definition) is 1. The first kappa shape index (κ1) is 34.2. The number of alkyl halides is 4. The van der Waals surface area contributed by atoms with E-state index in [0.29, 0.717) is 0 Å². The fourth-order valence-corrected chi connectivity index (χ4v) is 1.39. The Kier molecular flexibility index (Phi) is 28.8. The molecule has 0 aliphatic heterocycles. The Morgan fingerprint density at radius 3 is 1.62 bits per heavy atom. The fraction of sp³-hybridized carbons (Fsp3) is 0.812. The molecule has 0 heterocycles. The van der Waals surface area contributed by atoms with Gasteiger partial charge in [0.15, 0.2) is 0 Å². The summed E-state index contributed by atoms with van der Waals surface area (Å²) in [6, 6.07) is 0. The quantitative estimate of drug-likeness (QED) is 0.200. The number of ketones is 1. The van der Waals surface area contributed by atoms with E-state index in [2.05, 4.69) is 28.3 Å². The van der Waals surface area contributed by atoms with Crippen molar-refractivity contribution in [3.63, 3.8) is 0 Å². The van der Waals surface area contributed by atoms with E-state index in [1.54, 1.807) is 0 Å². The van der Waals surface area contributed by atoms with Gasteiger partial charge < -0.3 is 28.3 Å². The smallest absolute Gasteiger partial charge is 0.250 e. The summed E-state index contributed by atoms with van der Waals surface area (Å²) >= 11 is 7.20. The summed E-state index contributed by atoms with van der Waals surface area (Å²) < 4.78 is 46.3. The summed E-state index contributed by atoms with van der Waals surface area (Å²) in [5, 5.41) is -0.157. The third-order valence-electron chi connectivity index (χ3n) is 2.72. The molecule has 2 N–H and O–H groups in total. The number of nitrogens with two attached hydrogens (primary N) is 1. The standard InChI is InChI=1S/C7H10F2O.C4H5ClO.C2H5F2N.C2H4I.CH4.V/c8-7(9)4-3-6(10)5-1-2-5;5-4(6)3-1-2-3;3-2(4)1-5;1-2-3;;/h5,7H,1-4H2;3H,1-2H2;2H,1,5H2;2H,1H3;1H4;/q;;;-1;;. The minimum Gasteiger partial charge on any atom is -0.325 e. The van der Waals surface area contributed by atoms with Gasteiger partial charge in [0.25, 0.3) is 6.43 Å². The molecule has 0 saturated heterocycles. The van der Waals surface area contributed by atoms with Gasteiger partial charge in [-0.1, -0.05) is 7.43 Å². The van der Waals surface area contributed by atoms with E-state index in [-0.39, 0.29) is 61.7 Å². The van der Waals surface area contributed by atoms with Gasteiger partial charge in [-0.2, -0.15) is 6.92 Å². The molecule has 0 aromatic rings. The van der Waals surface area contributed by atoms with Crippen LogP contribution in [-0.4, -0.2) is 30.4 Å². The molecule has 0 bridgehead atoms. The largest absolute Gasteiger partial charge is 0.325 e. The molecular weight excluding hydrogens is 527 g/mol. The van der Waals surface area contributed by atoms with Crippen LogP contribution in [0.3, 0.4) is 0 Å². The Morgan fingerprint density at radius 1 is 1.12 bits per heavy atom. The fourth-order valence-electron chi connectivity index (χ4n) is 1.17. The van der Waals surface area contributed by atoms with Crippen LogP contribution in [0.15, 0.2) is 0 Å². The summed E-state index contributed by atoms with van der Waals surface area (Å²) in [6.07, 6.45) is -0.968. The number of carbonyl (C=O) groups excluding carboxylic acids is 2. The van der Waals surface area contributed by atoms with E-state index in [0.717, 1.165) is 25.7 Å². The maximum atomic E-state index is 11.5. The Labute approximate surface area is 184 Å². The SMILES string of the molecule is C.C[CH-]I.NCC(F)F.O=C(CCC(F)F)C1CC1.O=C(Cl)C1CC1.[V]. The minimum absolute atomic E-state index is 0. The first-order valence-electron chi connectivity index (χ1n) is 7.55. The second kappa shape index (κ2) is 21.9. The predicted octanol–water partition coefficient (Wildman–Crippen LogP) is 5.62. The van der Waals surface area contributed by atoms with Crippen molar-refractivity contribution in [2.24, 2.45) is 17.6 Å². The van der Waals surface area contributed by atoms with Crippen molar-refractivity contribution in [2.75, 3.05) is 6.54 Å². The van der Waals surface area contributed by atoms with E-state index in [4.69, 9.17) is 11.6 Å². The van der Waals surface area contributed by atoms with Crippen molar-refractivity contribution in [2.45, 2.75) is 65.7 Å².